The van der Waals surface area contributed by atoms with Crippen LogP contribution in [0.3, 0.4) is 0 Å². The van der Waals surface area contributed by atoms with Gasteiger partial charge in [-0.3, -0.25) is 0 Å². The van der Waals surface area contributed by atoms with E-state index in [4.69, 9.17) is 5.11 Å². The summed E-state index contributed by atoms with van der Waals surface area (Å²) >= 11 is 0. The Kier molecular flexibility index (Phi) is 2.70. The molecule has 0 saturated heterocycles. The Labute approximate surface area is 72.7 Å². The molecule has 1 aromatic carbocycles. The molecule has 1 N–H and O–H groups in total. The largest absolute Gasteiger partial charge is 0.508 e. The van der Waals surface area contributed by atoms with E-state index in [1.807, 2.05) is 30.3 Å². The number of rotatable bonds is 3. The van der Waals surface area contributed by atoms with Gasteiger partial charge in [-0.15, -0.1) is 0 Å². The molecule has 0 saturated carbocycles. The van der Waals surface area contributed by atoms with Crippen molar-refractivity contribution in [3.05, 3.63) is 60.4 Å². The van der Waals surface area contributed by atoms with Crippen molar-refractivity contribution < 1.29 is 5.11 Å². The van der Waals surface area contributed by atoms with E-state index in [0.29, 0.717) is 12.0 Å². The van der Waals surface area contributed by atoms with Crippen LogP contribution >= 0.6 is 0 Å². The molecule has 0 heterocycles. The Morgan fingerprint density at radius 2 is 1.75 bits per heavy atom. The summed E-state index contributed by atoms with van der Waals surface area (Å²) in [5.74, 6) is 0.0684. The monoisotopic (exact) mass is 160 g/mol. The van der Waals surface area contributed by atoms with Crippen molar-refractivity contribution in [2.45, 2.75) is 6.42 Å². The summed E-state index contributed by atoms with van der Waals surface area (Å²) in [6, 6.07) is 9.87. The molecular weight excluding hydrogens is 148 g/mol. The molecule has 0 fully saturated rings. The van der Waals surface area contributed by atoms with Crippen molar-refractivity contribution in [3.8, 4) is 0 Å². The van der Waals surface area contributed by atoms with Crippen LogP contribution in [0.2, 0.25) is 0 Å². The molecule has 1 nitrogen and oxygen atoms in total. The number of allylic oxidation sites excluding steroid dienone is 1. The van der Waals surface area contributed by atoms with Gasteiger partial charge in [-0.25, -0.2) is 0 Å². The molecular formula is C11H12O. The first-order valence-corrected chi connectivity index (χ1v) is 3.80. The molecule has 1 heteroatoms. The van der Waals surface area contributed by atoms with E-state index in [1.54, 1.807) is 0 Å². The fraction of sp³-hybridized carbons (Fsp3) is 0.0909. The van der Waals surface area contributed by atoms with Gasteiger partial charge in [-0.05, 0) is 11.1 Å². The van der Waals surface area contributed by atoms with E-state index in [9.17, 15) is 0 Å². The molecule has 0 radical (unpaired) electrons. The summed E-state index contributed by atoms with van der Waals surface area (Å²) in [6.45, 7) is 7.11. The third kappa shape index (κ3) is 2.27. The van der Waals surface area contributed by atoms with E-state index >= 15 is 0 Å². The van der Waals surface area contributed by atoms with Gasteiger partial charge in [0.05, 0.1) is 0 Å². The summed E-state index contributed by atoms with van der Waals surface area (Å²) in [5, 5.41) is 8.99. The number of aliphatic hydroxyl groups excluding tert-OH is 1. The Morgan fingerprint density at radius 3 is 2.25 bits per heavy atom. The van der Waals surface area contributed by atoms with Crippen LogP contribution in [0, 0.1) is 0 Å². The Morgan fingerprint density at radius 1 is 1.17 bits per heavy atom. The molecule has 62 valence electrons. The fourth-order valence-electron chi connectivity index (χ4n) is 0.944. The normalized spacial score (nSPS) is 9.33. The van der Waals surface area contributed by atoms with Gasteiger partial charge >= 0.3 is 0 Å². The first kappa shape index (κ1) is 8.60. The molecule has 0 amide bonds. The summed E-state index contributed by atoms with van der Waals surface area (Å²) in [4.78, 5) is 0. The molecule has 1 aromatic rings. The van der Waals surface area contributed by atoms with Crippen LogP contribution in [0.4, 0.5) is 0 Å². The maximum atomic E-state index is 8.99. The first-order chi connectivity index (χ1) is 5.70. The maximum Gasteiger partial charge on any atom is 0.111 e. The number of benzene rings is 1. The predicted octanol–water partition coefficient (Wildman–Crippen LogP) is 2.86. The van der Waals surface area contributed by atoms with Crippen molar-refractivity contribution in [2.24, 2.45) is 0 Å². The van der Waals surface area contributed by atoms with E-state index in [0.717, 1.165) is 5.56 Å². The smallest absolute Gasteiger partial charge is 0.111 e. The Balaban J connectivity index is 2.65. The molecule has 0 unspecified atom stereocenters. The summed E-state index contributed by atoms with van der Waals surface area (Å²) in [5.41, 5.74) is 1.80. The van der Waals surface area contributed by atoms with Crippen LogP contribution in [-0.2, 0) is 6.42 Å². The summed E-state index contributed by atoms with van der Waals surface area (Å²) in [7, 11) is 0. The van der Waals surface area contributed by atoms with Crippen molar-refractivity contribution in [2.75, 3.05) is 0 Å². The molecule has 0 aliphatic carbocycles. The second-order valence-electron chi connectivity index (χ2n) is 2.71. The van der Waals surface area contributed by atoms with E-state index in [-0.39, 0.29) is 5.76 Å². The lowest BCUT2D eigenvalue weighted by molar-refractivity contribution is 0.424. The van der Waals surface area contributed by atoms with Crippen LogP contribution in [0.15, 0.2) is 54.8 Å². The lowest BCUT2D eigenvalue weighted by Crippen LogP contribution is -1.90. The highest BCUT2D eigenvalue weighted by atomic mass is 16.3. The summed E-state index contributed by atoms with van der Waals surface area (Å²) < 4.78 is 0. The zero-order valence-corrected chi connectivity index (χ0v) is 6.96. The SMILES string of the molecule is C=C(O)C(=C)Cc1ccccc1. The van der Waals surface area contributed by atoms with Gasteiger partial charge in [0.2, 0.25) is 0 Å². The quantitative estimate of drug-likeness (QED) is 0.532. The molecule has 0 aromatic heterocycles. The number of hydrogen-bond acceptors (Lipinski definition) is 1. The zero-order valence-electron chi connectivity index (χ0n) is 6.96. The van der Waals surface area contributed by atoms with Crippen molar-refractivity contribution >= 4 is 0 Å². The van der Waals surface area contributed by atoms with Crippen LogP contribution in [0.25, 0.3) is 0 Å². The third-order valence-electron chi connectivity index (χ3n) is 1.67. The van der Waals surface area contributed by atoms with Crippen LogP contribution < -0.4 is 0 Å². The van der Waals surface area contributed by atoms with Gasteiger partial charge in [-0.2, -0.15) is 0 Å². The maximum absolute atomic E-state index is 8.99. The molecule has 0 aliphatic rings. The topological polar surface area (TPSA) is 20.2 Å². The van der Waals surface area contributed by atoms with Crippen molar-refractivity contribution in [1.82, 2.24) is 0 Å². The minimum absolute atomic E-state index is 0.0684. The highest BCUT2D eigenvalue weighted by Crippen LogP contribution is 2.10. The van der Waals surface area contributed by atoms with E-state index in [1.165, 1.54) is 0 Å². The molecule has 0 spiro atoms. The molecule has 12 heavy (non-hydrogen) atoms. The highest BCUT2D eigenvalue weighted by molar-refractivity contribution is 5.27. The van der Waals surface area contributed by atoms with Gasteiger partial charge < -0.3 is 5.11 Å². The number of aliphatic hydroxyl groups is 1. The van der Waals surface area contributed by atoms with Crippen LogP contribution in [0.1, 0.15) is 5.56 Å². The van der Waals surface area contributed by atoms with Crippen LogP contribution in [0.5, 0.6) is 0 Å². The minimum atomic E-state index is 0.0684. The van der Waals surface area contributed by atoms with Gasteiger partial charge in [0.1, 0.15) is 5.76 Å². The van der Waals surface area contributed by atoms with E-state index < -0.39 is 0 Å². The summed E-state index contributed by atoms with van der Waals surface area (Å²) in [6.07, 6.45) is 0.663. The average Bonchev–Trinajstić information content (AvgIpc) is 2.06. The minimum Gasteiger partial charge on any atom is -0.508 e. The van der Waals surface area contributed by atoms with Gasteiger partial charge in [0.15, 0.2) is 0 Å². The predicted molar refractivity (Wildman–Crippen MR) is 51.1 cm³/mol. The Hall–Kier alpha value is -1.50. The van der Waals surface area contributed by atoms with E-state index in [2.05, 4.69) is 13.2 Å². The highest BCUT2D eigenvalue weighted by Gasteiger charge is 1.98. The Bertz CT molecular complexity index is 285. The lowest BCUT2D eigenvalue weighted by Gasteiger charge is -2.02. The molecule has 1 rings (SSSR count). The van der Waals surface area contributed by atoms with Crippen molar-refractivity contribution in [3.63, 3.8) is 0 Å². The second kappa shape index (κ2) is 3.77. The second-order valence-corrected chi connectivity index (χ2v) is 2.71. The van der Waals surface area contributed by atoms with Gasteiger partial charge in [0, 0.05) is 6.42 Å². The standard InChI is InChI=1S/C11H12O/c1-9(10(2)12)8-11-6-4-3-5-7-11/h3-7,12H,1-2,8H2. The number of hydrogen-bond donors (Lipinski definition) is 1. The first-order valence-electron chi connectivity index (χ1n) is 3.80. The lowest BCUT2D eigenvalue weighted by atomic mass is 10.1. The zero-order chi connectivity index (χ0) is 8.97. The fourth-order valence-corrected chi connectivity index (χ4v) is 0.944. The molecule has 0 aliphatic heterocycles. The third-order valence-corrected chi connectivity index (χ3v) is 1.67. The van der Waals surface area contributed by atoms with Gasteiger partial charge in [-0.1, -0.05) is 43.5 Å². The van der Waals surface area contributed by atoms with Gasteiger partial charge in [0.25, 0.3) is 0 Å². The average molecular weight is 160 g/mol. The molecule has 0 bridgehead atoms. The molecule has 0 atom stereocenters. The van der Waals surface area contributed by atoms with Crippen LogP contribution in [-0.4, -0.2) is 5.11 Å². The van der Waals surface area contributed by atoms with Crippen molar-refractivity contribution in [1.29, 1.82) is 0 Å².